The average molecular weight is 387 g/mol. The summed E-state index contributed by atoms with van der Waals surface area (Å²) in [5.41, 5.74) is 1.75. The van der Waals surface area contributed by atoms with Gasteiger partial charge < -0.3 is 4.90 Å². The molecule has 0 saturated carbocycles. The standard InChI is InChI=1S/C21H26N2O3S/c1-17-9-8-14-22(15-17)21(24)19-12-6-7-13-20(19)23(27(2,25)26)16-18-10-4-3-5-11-18/h3-7,10-13,17H,8-9,14-16H2,1-2H3. The highest BCUT2D eigenvalue weighted by Crippen LogP contribution is 2.28. The molecule has 1 aliphatic heterocycles. The minimum atomic E-state index is -3.55. The molecular weight excluding hydrogens is 360 g/mol. The van der Waals surface area contributed by atoms with Crippen molar-refractivity contribution in [2.24, 2.45) is 5.92 Å². The molecule has 6 heteroatoms. The Kier molecular flexibility index (Phi) is 5.85. The molecule has 1 atom stereocenters. The van der Waals surface area contributed by atoms with Gasteiger partial charge in [-0.2, -0.15) is 0 Å². The second-order valence-corrected chi connectivity index (χ2v) is 9.18. The van der Waals surface area contributed by atoms with E-state index in [1.54, 1.807) is 24.3 Å². The highest BCUT2D eigenvalue weighted by molar-refractivity contribution is 7.92. The zero-order valence-electron chi connectivity index (χ0n) is 15.8. The highest BCUT2D eigenvalue weighted by Gasteiger charge is 2.27. The van der Waals surface area contributed by atoms with Crippen LogP contribution in [0.2, 0.25) is 0 Å². The fourth-order valence-electron chi connectivity index (χ4n) is 3.55. The number of benzene rings is 2. The number of para-hydroxylation sites is 1. The molecule has 2 aromatic carbocycles. The van der Waals surface area contributed by atoms with Crippen LogP contribution in [0.15, 0.2) is 54.6 Å². The molecule has 0 spiro atoms. The van der Waals surface area contributed by atoms with Gasteiger partial charge in [0.1, 0.15) is 0 Å². The summed E-state index contributed by atoms with van der Waals surface area (Å²) < 4.78 is 26.4. The van der Waals surface area contributed by atoms with Gasteiger partial charge in [0, 0.05) is 13.1 Å². The van der Waals surface area contributed by atoms with Gasteiger partial charge in [-0.05, 0) is 36.5 Å². The fourth-order valence-corrected chi connectivity index (χ4v) is 4.45. The van der Waals surface area contributed by atoms with Crippen LogP contribution < -0.4 is 4.31 Å². The van der Waals surface area contributed by atoms with Crippen molar-refractivity contribution < 1.29 is 13.2 Å². The normalized spacial score (nSPS) is 17.6. The van der Waals surface area contributed by atoms with Crippen molar-refractivity contribution >= 4 is 21.6 Å². The molecule has 27 heavy (non-hydrogen) atoms. The van der Waals surface area contributed by atoms with E-state index >= 15 is 0 Å². The number of hydrogen-bond acceptors (Lipinski definition) is 3. The van der Waals surface area contributed by atoms with Crippen LogP contribution in [-0.4, -0.2) is 38.6 Å². The molecule has 0 radical (unpaired) electrons. The molecule has 1 heterocycles. The van der Waals surface area contributed by atoms with Crippen molar-refractivity contribution in [3.63, 3.8) is 0 Å². The largest absolute Gasteiger partial charge is 0.338 e. The molecule has 1 fully saturated rings. The molecule has 1 amide bonds. The summed E-state index contributed by atoms with van der Waals surface area (Å²) in [6.45, 7) is 3.77. The van der Waals surface area contributed by atoms with E-state index in [9.17, 15) is 13.2 Å². The number of carbonyl (C=O) groups is 1. The molecule has 3 rings (SSSR count). The summed E-state index contributed by atoms with van der Waals surface area (Å²) in [4.78, 5) is 15.0. The van der Waals surface area contributed by atoms with E-state index in [4.69, 9.17) is 0 Å². The van der Waals surface area contributed by atoms with Crippen molar-refractivity contribution in [3.8, 4) is 0 Å². The zero-order valence-corrected chi connectivity index (χ0v) is 16.7. The highest BCUT2D eigenvalue weighted by atomic mass is 32.2. The number of sulfonamides is 1. The number of piperidine rings is 1. The predicted molar refractivity (Wildman–Crippen MR) is 108 cm³/mol. The molecular formula is C21H26N2O3S. The van der Waals surface area contributed by atoms with Gasteiger partial charge in [-0.1, -0.05) is 49.4 Å². The van der Waals surface area contributed by atoms with Crippen LogP contribution in [0.1, 0.15) is 35.7 Å². The van der Waals surface area contributed by atoms with Gasteiger partial charge in [-0.15, -0.1) is 0 Å². The minimum absolute atomic E-state index is 0.0983. The van der Waals surface area contributed by atoms with Crippen LogP contribution in [0, 0.1) is 5.92 Å². The first-order chi connectivity index (χ1) is 12.9. The first kappa shape index (κ1) is 19.4. The van der Waals surface area contributed by atoms with E-state index in [1.165, 1.54) is 10.6 Å². The molecule has 1 unspecified atom stereocenters. The topological polar surface area (TPSA) is 57.7 Å². The van der Waals surface area contributed by atoms with Gasteiger partial charge in [0.2, 0.25) is 10.0 Å². The summed E-state index contributed by atoms with van der Waals surface area (Å²) >= 11 is 0. The molecule has 0 aliphatic carbocycles. The van der Waals surface area contributed by atoms with E-state index < -0.39 is 10.0 Å². The Morgan fingerprint density at radius 3 is 2.44 bits per heavy atom. The number of carbonyl (C=O) groups excluding carboxylic acids is 1. The molecule has 2 aromatic rings. The molecule has 1 saturated heterocycles. The first-order valence-electron chi connectivity index (χ1n) is 9.26. The van der Waals surface area contributed by atoms with Crippen molar-refractivity contribution in [1.29, 1.82) is 0 Å². The van der Waals surface area contributed by atoms with Gasteiger partial charge in [0.15, 0.2) is 0 Å². The number of nitrogens with zero attached hydrogens (tertiary/aromatic N) is 2. The van der Waals surface area contributed by atoms with Crippen LogP contribution in [0.4, 0.5) is 5.69 Å². The lowest BCUT2D eigenvalue weighted by Gasteiger charge is -2.32. The summed E-state index contributed by atoms with van der Waals surface area (Å²) in [5.74, 6) is 0.365. The third kappa shape index (κ3) is 4.69. The lowest BCUT2D eigenvalue weighted by atomic mass is 9.99. The molecule has 0 N–H and O–H groups in total. The number of likely N-dealkylation sites (tertiary alicyclic amines) is 1. The molecule has 1 aliphatic rings. The number of hydrogen-bond donors (Lipinski definition) is 0. The zero-order chi connectivity index (χ0) is 19.4. The minimum Gasteiger partial charge on any atom is -0.338 e. The molecule has 144 valence electrons. The summed E-state index contributed by atoms with van der Waals surface area (Å²) in [7, 11) is -3.55. The van der Waals surface area contributed by atoms with Gasteiger partial charge >= 0.3 is 0 Å². The van der Waals surface area contributed by atoms with E-state index in [0.717, 1.165) is 24.9 Å². The van der Waals surface area contributed by atoms with Crippen molar-refractivity contribution in [3.05, 3.63) is 65.7 Å². The van der Waals surface area contributed by atoms with E-state index in [0.29, 0.717) is 23.7 Å². The van der Waals surface area contributed by atoms with Crippen molar-refractivity contribution in [1.82, 2.24) is 4.90 Å². The van der Waals surface area contributed by atoms with Crippen molar-refractivity contribution in [2.45, 2.75) is 26.3 Å². The maximum Gasteiger partial charge on any atom is 0.256 e. The molecule has 0 bridgehead atoms. The molecule has 5 nitrogen and oxygen atoms in total. The summed E-state index contributed by atoms with van der Waals surface area (Å²) in [6, 6.07) is 16.4. The third-order valence-corrected chi connectivity index (χ3v) is 6.04. The van der Waals surface area contributed by atoms with E-state index in [2.05, 4.69) is 6.92 Å². The fraction of sp³-hybridized carbons (Fsp3) is 0.381. The Morgan fingerprint density at radius 1 is 1.11 bits per heavy atom. The number of amides is 1. The monoisotopic (exact) mass is 386 g/mol. The lowest BCUT2D eigenvalue weighted by molar-refractivity contribution is 0.0684. The van der Waals surface area contributed by atoms with Gasteiger partial charge in [-0.3, -0.25) is 9.10 Å². The lowest BCUT2D eigenvalue weighted by Crippen LogP contribution is -2.40. The first-order valence-corrected chi connectivity index (χ1v) is 11.1. The van der Waals surface area contributed by atoms with Crippen LogP contribution >= 0.6 is 0 Å². The molecule has 0 aromatic heterocycles. The Balaban J connectivity index is 1.97. The Hall–Kier alpha value is -2.34. The maximum atomic E-state index is 13.2. The second-order valence-electron chi connectivity index (χ2n) is 7.27. The van der Waals surface area contributed by atoms with E-state index in [1.807, 2.05) is 35.2 Å². The van der Waals surface area contributed by atoms with Gasteiger partial charge in [0.05, 0.1) is 24.1 Å². The van der Waals surface area contributed by atoms with Crippen LogP contribution in [0.5, 0.6) is 0 Å². The Labute approximate surface area is 161 Å². The average Bonchev–Trinajstić information content (AvgIpc) is 2.65. The van der Waals surface area contributed by atoms with Gasteiger partial charge in [-0.25, -0.2) is 8.42 Å². The number of rotatable bonds is 5. The third-order valence-electron chi connectivity index (χ3n) is 4.92. The Morgan fingerprint density at radius 2 is 1.78 bits per heavy atom. The van der Waals surface area contributed by atoms with E-state index in [-0.39, 0.29) is 12.5 Å². The van der Waals surface area contributed by atoms with Crippen LogP contribution in [-0.2, 0) is 16.6 Å². The van der Waals surface area contributed by atoms with Crippen LogP contribution in [0.3, 0.4) is 0 Å². The van der Waals surface area contributed by atoms with Gasteiger partial charge in [0.25, 0.3) is 5.91 Å². The second kappa shape index (κ2) is 8.13. The maximum absolute atomic E-state index is 13.2. The summed E-state index contributed by atoms with van der Waals surface area (Å²) in [6.07, 6.45) is 3.28. The SMILES string of the molecule is CC1CCCN(C(=O)c2ccccc2N(Cc2ccccc2)S(C)(=O)=O)C1. The Bertz CT molecular complexity index is 897. The predicted octanol–water partition coefficient (Wildman–Crippen LogP) is 3.52. The number of anilines is 1. The quantitative estimate of drug-likeness (QED) is 0.790. The van der Waals surface area contributed by atoms with Crippen molar-refractivity contribution in [2.75, 3.05) is 23.7 Å². The van der Waals surface area contributed by atoms with Crippen LogP contribution in [0.25, 0.3) is 0 Å². The summed E-state index contributed by atoms with van der Waals surface area (Å²) in [5, 5.41) is 0. The smallest absolute Gasteiger partial charge is 0.256 e.